The molecule has 192 valence electrons. The second-order valence-corrected chi connectivity index (χ2v) is 8.53. The number of aliphatic carboxylic acids is 1. The number of anilines is 1. The molecule has 1 aliphatic rings. The van der Waals surface area contributed by atoms with E-state index in [1.54, 1.807) is 7.11 Å². The van der Waals surface area contributed by atoms with Gasteiger partial charge in [-0.3, -0.25) is 19.4 Å². The van der Waals surface area contributed by atoms with Crippen LogP contribution < -0.4 is 14.8 Å². The van der Waals surface area contributed by atoms with E-state index in [4.69, 9.17) is 19.4 Å². The quantitative estimate of drug-likeness (QED) is 0.495. The van der Waals surface area contributed by atoms with E-state index in [-0.39, 0.29) is 12.5 Å². The molecular weight excluding hydrogens is 450 g/mol. The van der Waals surface area contributed by atoms with Crippen LogP contribution in [0.3, 0.4) is 0 Å². The highest BCUT2D eigenvalue weighted by atomic mass is 16.5. The van der Waals surface area contributed by atoms with E-state index in [0.29, 0.717) is 24.6 Å². The van der Waals surface area contributed by atoms with E-state index in [9.17, 15) is 9.90 Å². The SMILES string of the molecule is CC(=O)O.COc1ccccc1OCC(O)CN1CCN(CC(=O)Nc2c(C)cccc2C)CC1. The minimum atomic E-state index is -0.833. The minimum Gasteiger partial charge on any atom is -0.493 e. The van der Waals surface area contributed by atoms with Gasteiger partial charge >= 0.3 is 0 Å². The first-order valence-corrected chi connectivity index (χ1v) is 11.6. The Hall–Kier alpha value is -3.14. The fraction of sp³-hybridized carbons (Fsp3) is 0.462. The maximum absolute atomic E-state index is 12.5. The number of methoxy groups -OCH3 is 1. The molecular formula is C26H37N3O6. The van der Waals surface area contributed by atoms with Crippen LogP contribution in [0.15, 0.2) is 42.5 Å². The van der Waals surface area contributed by atoms with E-state index < -0.39 is 12.1 Å². The average molecular weight is 488 g/mol. The molecule has 1 heterocycles. The lowest BCUT2D eigenvalue weighted by atomic mass is 10.1. The number of aliphatic hydroxyl groups excluding tert-OH is 1. The molecule has 0 bridgehead atoms. The molecule has 35 heavy (non-hydrogen) atoms. The summed E-state index contributed by atoms with van der Waals surface area (Å²) in [4.78, 5) is 25.8. The predicted molar refractivity (Wildman–Crippen MR) is 135 cm³/mol. The van der Waals surface area contributed by atoms with Crippen LogP contribution in [0, 0.1) is 13.8 Å². The van der Waals surface area contributed by atoms with Crippen molar-refractivity contribution < 1.29 is 29.3 Å². The van der Waals surface area contributed by atoms with Crippen LogP contribution in [-0.4, -0.2) is 91.0 Å². The van der Waals surface area contributed by atoms with Crippen molar-refractivity contribution in [3.8, 4) is 11.5 Å². The number of carbonyl (C=O) groups excluding carboxylic acids is 1. The third-order valence-electron chi connectivity index (χ3n) is 5.55. The first kappa shape index (κ1) is 28.1. The number of benzene rings is 2. The van der Waals surface area contributed by atoms with Crippen molar-refractivity contribution in [1.82, 2.24) is 9.80 Å². The highest BCUT2D eigenvalue weighted by molar-refractivity contribution is 5.93. The number of rotatable bonds is 9. The smallest absolute Gasteiger partial charge is 0.300 e. The second kappa shape index (κ2) is 14.3. The number of β-amino-alcohol motifs (C(OH)–C–C–N with tert-alkyl or cyclic N) is 1. The Labute approximate surface area is 207 Å². The number of hydrogen-bond donors (Lipinski definition) is 3. The molecule has 0 aliphatic carbocycles. The van der Waals surface area contributed by atoms with Crippen molar-refractivity contribution in [2.45, 2.75) is 26.9 Å². The van der Waals surface area contributed by atoms with Crippen LogP contribution >= 0.6 is 0 Å². The molecule has 0 radical (unpaired) electrons. The molecule has 3 N–H and O–H groups in total. The molecule has 2 aromatic rings. The number of para-hydroxylation sites is 3. The molecule has 9 nitrogen and oxygen atoms in total. The Kier molecular flexibility index (Phi) is 11.5. The van der Waals surface area contributed by atoms with Gasteiger partial charge in [-0.1, -0.05) is 30.3 Å². The van der Waals surface area contributed by atoms with Crippen LogP contribution in [0.2, 0.25) is 0 Å². The third kappa shape index (κ3) is 9.94. The first-order valence-electron chi connectivity index (χ1n) is 11.6. The zero-order chi connectivity index (χ0) is 25.8. The number of carboxylic acid groups (broad SMARTS) is 1. The van der Waals surface area contributed by atoms with Gasteiger partial charge in [-0.2, -0.15) is 0 Å². The highest BCUT2D eigenvalue weighted by Crippen LogP contribution is 2.25. The zero-order valence-electron chi connectivity index (χ0n) is 21.0. The lowest BCUT2D eigenvalue weighted by Crippen LogP contribution is -2.50. The molecule has 9 heteroatoms. The topological polar surface area (TPSA) is 112 Å². The van der Waals surface area contributed by atoms with Gasteiger partial charge in [-0.25, -0.2) is 0 Å². The molecule has 1 saturated heterocycles. The Morgan fingerprint density at radius 3 is 2.09 bits per heavy atom. The van der Waals surface area contributed by atoms with Crippen molar-refractivity contribution in [1.29, 1.82) is 0 Å². The van der Waals surface area contributed by atoms with Gasteiger partial charge in [0.15, 0.2) is 11.5 Å². The molecule has 0 spiro atoms. The maximum Gasteiger partial charge on any atom is 0.300 e. The largest absolute Gasteiger partial charge is 0.493 e. The van der Waals surface area contributed by atoms with Crippen molar-refractivity contribution in [3.63, 3.8) is 0 Å². The summed E-state index contributed by atoms with van der Waals surface area (Å²) in [5.41, 5.74) is 3.05. The van der Waals surface area contributed by atoms with Crippen LogP contribution in [0.1, 0.15) is 18.1 Å². The Balaban J connectivity index is 0.00000100. The Morgan fingerprint density at radius 2 is 1.51 bits per heavy atom. The number of hydrogen-bond acceptors (Lipinski definition) is 7. The fourth-order valence-corrected chi connectivity index (χ4v) is 3.80. The van der Waals surface area contributed by atoms with E-state index in [1.807, 2.05) is 56.3 Å². The minimum absolute atomic E-state index is 0.0103. The van der Waals surface area contributed by atoms with Gasteiger partial charge in [0.1, 0.15) is 12.7 Å². The highest BCUT2D eigenvalue weighted by Gasteiger charge is 2.21. The summed E-state index contributed by atoms with van der Waals surface area (Å²) in [7, 11) is 1.60. The molecule has 2 aromatic carbocycles. The van der Waals surface area contributed by atoms with Crippen LogP contribution in [0.5, 0.6) is 11.5 Å². The van der Waals surface area contributed by atoms with Gasteiger partial charge in [0, 0.05) is 45.3 Å². The molecule has 0 saturated carbocycles. The van der Waals surface area contributed by atoms with E-state index in [0.717, 1.165) is 49.9 Å². The predicted octanol–water partition coefficient (Wildman–Crippen LogP) is 2.40. The molecule has 0 aromatic heterocycles. The Morgan fingerprint density at radius 1 is 0.971 bits per heavy atom. The molecule has 1 atom stereocenters. The number of piperazine rings is 1. The number of carbonyl (C=O) groups is 2. The van der Waals surface area contributed by atoms with Crippen LogP contribution in [-0.2, 0) is 9.59 Å². The molecule has 1 aliphatic heterocycles. The fourth-order valence-electron chi connectivity index (χ4n) is 3.80. The summed E-state index contributed by atoms with van der Waals surface area (Å²) in [6, 6.07) is 13.4. The second-order valence-electron chi connectivity index (χ2n) is 8.53. The van der Waals surface area contributed by atoms with E-state index >= 15 is 0 Å². The molecule has 1 unspecified atom stereocenters. The van der Waals surface area contributed by atoms with Gasteiger partial charge in [0.25, 0.3) is 5.97 Å². The summed E-state index contributed by atoms with van der Waals surface area (Å²) < 4.78 is 11.0. The molecule has 1 fully saturated rings. The average Bonchev–Trinajstić information content (AvgIpc) is 2.81. The normalized spacial score (nSPS) is 14.9. The van der Waals surface area contributed by atoms with Crippen LogP contribution in [0.4, 0.5) is 5.69 Å². The number of aryl methyl sites for hydroxylation is 2. The standard InChI is InChI=1S/C24H33N3O4.C2H4O2/c1-18-7-6-8-19(2)24(18)25-23(29)16-27-13-11-26(12-14-27)15-20(28)17-31-22-10-5-4-9-21(22)30-3;1-2(3)4/h4-10,20,28H,11-17H2,1-3H3,(H,25,29);1H3,(H,3,4). The van der Waals surface area contributed by atoms with Gasteiger partial charge in [0.05, 0.1) is 13.7 Å². The van der Waals surface area contributed by atoms with E-state index in [2.05, 4.69) is 15.1 Å². The van der Waals surface area contributed by atoms with Crippen molar-refractivity contribution >= 4 is 17.6 Å². The number of carboxylic acids is 1. The van der Waals surface area contributed by atoms with Gasteiger partial charge < -0.3 is 25.0 Å². The number of amides is 1. The number of nitrogens with zero attached hydrogens (tertiary/aromatic N) is 2. The molecule has 3 rings (SSSR count). The van der Waals surface area contributed by atoms with E-state index in [1.165, 1.54) is 0 Å². The van der Waals surface area contributed by atoms with Gasteiger partial charge in [0.2, 0.25) is 5.91 Å². The van der Waals surface area contributed by atoms with Gasteiger partial charge in [-0.05, 0) is 37.1 Å². The summed E-state index contributed by atoms with van der Waals surface area (Å²) >= 11 is 0. The monoisotopic (exact) mass is 487 g/mol. The number of aliphatic hydroxyl groups is 1. The van der Waals surface area contributed by atoms with Gasteiger partial charge in [-0.15, -0.1) is 0 Å². The summed E-state index contributed by atoms with van der Waals surface area (Å²) in [6.07, 6.45) is -0.594. The first-order chi connectivity index (χ1) is 16.7. The number of ether oxygens (including phenoxy) is 2. The van der Waals surface area contributed by atoms with Crippen molar-refractivity contribution in [2.24, 2.45) is 0 Å². The zero-order valence-corrected chi connectivity index (χ0v) is 21.0. The summed E-state index contributed by atoms with van der Waals surface area (Å²) in [6.45, 7) is 9.41. The number of nitrogens with one attached hydrogen (secondary N) is 1. The summed E-state index contributed by atoms with van der Waals surface area (Å²) in [5.74, 6) is 0.461. The lowest BCUT2D eigenvalue weighted by molar-refractivity contribution is -0.134. The van der Waals surface area contributed by atoms with Crippen molar-refractivity contribution in [3.05, 3.63) is 53.6 Å². The lowest BCUT2D eigenvalue weighted by Gasteiger charge is -2.35. The Bertz CT molecular complexity index is 936. The third-order valence-corrected chi connectivity index (χ3v) is 5.55. The maximum atomic E-state index is 12.5. The van der Waals surface area contributed by atoms with Crippen molar-refractivity contribution in [2.75, 3.05) is 58.3 Å². The summed E-state index contributed by atoms with van der Waals surface area (Å²) in [5, 5.41) is 20.8. The molecule has 1 amide bonds. The van der Waals surface area contributed by atoms with Crippen LogP contribution in [0.25, 0.3) is 0 Å².